The SMILES string of the molecule is [CH2-][NH+]1CC(C)(N(C)C)C1. The van der Waals surface area contributed by atoms with Crippen LogP contribution in [0.4, 0.5) is 0 Å². The fraction of sp³-hybridized carbons (Fsp3) is 0.857. The van der Waals surface area contributed by atoms with E-state index < -0.39 is 0 Å². The third kappa shape index (κ3) is 1.10. The van der Waals surface area contributed by atoms with Gasteiger partial charge in [-0.3, -0.25) is 4.90 Å². The third-order valence-electron chi connectivity index (χ3n) is 2.34. The van der Waals surface area contributed by atoms with Crippen molar-refractivity contribution in [1.29, 1.82) is 0 Å². The van der Waals surface area contributed by atoms with Crippen molar-refractivity contribution in [2.24, 2.45) is 0 Å². The summed E-state index contributed by atoms with van der Waals surface area (Å²) in [5, 5.41) is 0. The summed E-state index contributed by atoms with van der Waals surface area (Å²) in [4.78, 5) is 3.67. The lowest BCUT2D eigenvalue weighted by Crippen LogP contribution is -3.20. The van der Waals surface area contributed by atoms with E-state index in [9.17, 15) is 0 Å². The van der Waals surface area contributed by atoms with E-state index >= 15 is 0 Å². The largest absolute Gasteiger partial charge is 0.464 e. The van der Waals surface area contributed by atoms with Crippen LogP contribution < -0.4 is 4.90 Å². The van der Waals surface area contributed by atoms with Crippen LogP contribution in [0.1, 0.15) is 6.92 Å². The van der Waals surface area contributed by atoms with E-state index in [1.807, 2.05) is 0 Å². The Balaban J connectivity index is 2.40. The Bertz CT molecular complexity index is 103. The van der Waals surface area contributed by atoms with Gasteiger partial charge in [-0.15, -0.1) is 0 Å². The molecule has 2 nitrogen and oxygen atoms in total. The first-order valence-electron chi connectivity index (χ1n) is 3.39. The van der Waals surface area contributed by atoms with Crippen molar-refractivity contribution in [3.05, 3.63) is 7.05 Å². The first-order chi connectivity index (χ1) is 4.04. The summed E-state index contributed by atoms with van der Waals surface area (Å²) in [5.74, 6) is 0. The third-order valence-corrected chi connectivity index (χ3v) is 2.34. The highest BCUT2D eigenvalue weighted by atomic mass is 15.3. The monoisotopic (exact) mass is 128 g/mol. The first kappa shape index (κ1) is 7.03. The Hall–Kier alpha value is -0.0800. The van der Waals surface area contributed by atoms with Crippen molar-refractivity contribution in [2.45, 2.75) is 12.5 Å². The van der Waals surface area contributed by atoms with E-state index in [1.165, 1.54) is 18.0 Å². The standard InChI is InChI=1S/C7H16N2/c1-7(8(2)3)5-9(4)6-7/h9H,4-6H2,1-3H3. The van der Waals surface area contributed by atoms with Crippen LogP contribution in [0.3, 0.4) is 0 Å². The van der Waals surface area contributed by atoms with Gasteiger partial charge in [0.1, 0.15) is 5.54 Å². The fourth-order valence-electron chi connectivity index (χ4n) is 1.34. The molecule has 0 unspecified atom stereocenters. The molecule has 0 atom stereocenters. The fourth-order valence-corrected chi connectivity index (χ4v) is 1.34. The van der Waals surface area contributed by atoms with Gasteiger partial charge in [0.05, 0.1) is 13.1 Å². The van der Waals surface area contributed by atoms with E-state index in [2.05, 4.69) is 33.0 Å². The Labute approximate surface area is 57.4 Å². The summed E-state index contributed by atoms with van der Waals surface area (Å²) in [5.41, 5.74) is 0.428. The predicted octanol–water partition coefficient (Wildman–Crippen LogP) is -1.00. The van der Waals surface area contributed by atoms with Gasteiger partial charge >= 0.3 is 0 Å². The second-order valence-corrected chi connectivity index (χ2v) is 3.49. The number of nitrogens with zero attached hydrogens (tertiary/aromatic N) is 1. The highest BCUT2D eigenvalue weighted by Crippen LogP contribution is 2.10. The van der Waals surface area contributed by atoms with Crippen molar-refractivity contribution in [3.63, 3.8) is 0 Å². The molecule has 1 N–H and O–H groups in total. The van der Waals surface area contributed by atoms with Crippen LogP contribution in [0.5, 0.6) is 0 Å². The molecule has 2 heteroatoms. The van der Waals surface area contributed by atoms with Gasteiger partial charge in [0.2, 0.25) is 0 Å². The van der Waals surface area contributed by atoms with Crippen molar-refractivity contribution >= 4 is 0 Å². The quantitative estimate of drug-likeness (QED) is 0.445. The first-order valence-corrected chi connectivity index (χ1v) is 3.39. The molecule has 54 valence electrons. The molecule has 0 aromatic heterocycles. The van der Waals surface area contributed by atoms with Crippen molar-refractivity contribution < 1.29 is 4.90 Å². The van der Waals surface area contributed by atoms with Gasteiger partial charge in [0, 0.05) is 0 Å². The smallest absolute Gasteiger partial charge is 0.112 e. The second-order valence-electron chi connectivity index (χ2n) is 3.49. The summed E-state index contributed by atoms with van der Waals surface area (Å²) in [6.45, 7) is 4.64. The van der Waals surface area contributed by atoms with Gasteiger partial charge in [0.25, 0.3) is 0 Å². The van der Waals surface area contributed by atoms with E-state index in [1.54, 1.807) is 0 Å². The van der Waals surface area contributed by atoms with Crippen LogP contribution in [-0.2, 0) is 0 Å². The zero-order valence-corrected chi connectivity index (χ0v) is 6.57. The molecule has 0 aromatic rings. The summed E-state index contributed by atoms with van der Waals surface area (Å²) in [6.07, 6.45) is 0. The molecule has 1 aliphatic heterocycles. The van der Waals surface area contributed by atoms with Gasteiger partial charge in [0.15, 0.2) is 0 Å². The maximum Gasteiger partial charge on any atom is 0.112 e. The minimum atomic E-state index is 0.428. The number of hydrogen-bond donors (Lipinski definition) is 1. The molecular formula is C7H16N2. The van der Waals surface area contributed by atoms with Crippen LogP contribution in [0.15, 0.2) is 0 Å². The van der Waals surface area contributed by atoms with Crippen LogP contribution >= 0.6 is 0 Å². The summed E-state index contributed by atoms with van der Waals surface area (Å²) >= 11 is 0. The van der Waals surface area contributed by atoms with Crippen LogP contribution in [0.2, 0.25) is 0 Å². The summed E-state index contributed by atoms with van der Waals surface area (Å²) < 4.78 is 0. The molecule has 0 radical (unpaired) electrons. The number of likely N-dealkylation sites (N-methyl/N-ethyl adjacent to an activating group) is 1. The molecule has 0 aromatic carbocycles. The summed E-state index contributed by atoms with van der Waals surface area (Å²) in [7, 11) is 8.17. The normalized spacial score (nSPS) is 43.0. The van der Waals surface area contributed by atoms with Gasteiger partial charge in [-0.1, -0.05) is 0 Å². The van der Waals surface area contributed by atoms with Crippen LogP contribution in [0, 0.1) is 7.05 Å². The lowest BCUT2D eigenvalue weighted by Gasteiger charge is -2.50. The van der Waals surface area contributed by atoms with E-state index in [0.717, 1.165) is 0 Å². The van der Waals surface area contributed by atoms with Gasteiger partial charge < -0.3 is 4.90 Å². The van der Waals surface area contributed by atoms with Gasteiger partial charge in [-0.2, -0.15) is 7.05 Å². The maximum absolute atomic E-state index is 3.91. The molecule has 1 aliphatic rings. The van der Waals surface area contributed by atoms with Crippen LogP contribution in [-0.4, -0.2) is 37.6 Å². The number of nitrogens with one attached hydrogen (secondary N) is 1. The lowest BCUT2D eigenvalue weighted by atomic mass is 9.92. The minimum absolute atomic E-state index is 0.428. The topological polar surface area (TPSA) is 7.68 Å². The molecule has 1 fully saturated rings. The average Bonchev–Trinajstić information content (AvgIpc) is 1.62. The maximum atomic E-state index is 3.91. The highest BCUT2D eigenvalue weighted by molar-refractivity contribution is 4.86. The number of rotatable bonds is 1. The van der Waals surface area contributed by atoms with Crippen LogP contribution in [0.25, 0.3) is 0 Å². The lowest BCUT2D eigenvalue weighted by molar-refractivity contribution is -0.912. The van der Waals surface area contributed by atoms with Gasteiger partial charge in [-0.05, 0) is 21.0 Å². The molecule has 0 saturated carbocycles. The molecular weight excluding hydrogens is 112 g/mol. The second kappa shape index (κ2) is 1.96. The molecule has 1 rings (SSSR count). The molecule has 1 saturated heterocycles. The Morgan fingerprint density at radius 1 is 1.44 bits per heavy atom. The molecule has 0 aliphatic carbocycles. The number of hydrogen-bond acceptors (Lipinski definition) is 1. The van der Waals surface area contributed by atoms with E-state index in [0.29, 0.717) is 5.54 Å². The van der Waals surface area contributed by atoms with Gasteiger partial charge in [-0.25, -0.2) is 0 Å². The van der Waals surface area contributed by atoms with Crippen molar-refractivity contribution in [3.8, 4) is 0 Å². The Morgan fingerprint density at radius 2 is 1.89 bits per heavy atom. The zero-order valence-electron chi connectivity index (χ0n) is 6.57. The Kier molecular flexibility index (Phi) is 1.53. The van der Waals surface area contributed by atoms with E-state index in [-0.39, 0.29) is 0 Å². The Morgan fingerprint density at radius 3 is 2.00 bits per heavy atom. The molecule has 0 amide bonds. The molecule has 9 heavy (non-hydrogen) atoms. The average molecular weight is 128 g/mol. The summed E-state index contributed by atoms with van der Waals surface area (Å²) in [6, 6.07) is 0. The zero-order chi connectivity index (χ0) is 7.07. The minimum Gasteiger partial charge on any atom is -0.464 e. The number of quaternary nitrogens is 1. The molecule has 1 heterocycles. The predicted molar refractivity (Wildman–Crippen MR) is 38.1 cm³/mol. The highest BCUT2D eigenvalue weighted by Gasteiger charge is 2.40. The van der Waals surface area contributed by atoms with Crippen molar-refractivity contribution in [2.75, 3.05) is 27.2 Å². The van der Waals surface area contributed by atoms with Crippen molar-refractivity contribution in [1.82, 2.24) is 4.90 Å². The number of likely N-dealkylation sites (tertiary alicyclic amines) is 1. The molecule has 0 bridgehead atoms. The molecule has 0 spiro atoms. The van der Waals surface area contributed by atoms with E-state index in [4.69, 9.17) is 0 Å².